The highest BCUT2D eigenvalue weighted by atomic mass is 35.5. The van der Waals surface area contributed by atoms with Gasteiger partial charge in [0.2, 0.25) is 0 Å². The van der Waals surface area contributed by atoms with Crippen LogP contribution in [0.4, 0.5) is 15.8 Å². The number of hydrogen-bond donors (Lipinski definition) is 0. The smallest absolute Gasteiger partial charge is 0.126 e. The van der Waals surface area contributed by atoms with Gasteiger partial charge in [0.25, 0.3) is 0 Å². The van der Waals surface area contributed by atoms with E-state index in [0.717, 1.165) is 70.7 Å². The number of anilines is 1. The molecule has 0 unspecified atom stereocenters. The lowest BCUT2D eigenvalue weighted by atomic mass is 10.2. The molecule has 0 atom stereocenters. The zero-order chi connectivity index (χ0) is 26.6. The molecule has 3 aromatic carbocycles. The van der Waals surface area contributed by atoms with Crippen LogP contribution in [0, 0.1) is 5.82 Å². The molecule has 7 heteroatoms. The van der Waals surface area contributed by atoms with Crippen LogP contribution in [0.1, 0.15) is 30.9 Å². The summed E-state index contributed by atoms with van der Waals surface area (Å²) < 4.78 is 20.5. The van der Waals surface area contributed by atoms with Gasteiger partial charge in [-0.05, 0) is 80.2 Å². The molecule has 0 saturated heterocycles. The zero-order valence-electron chi connectivity index (χ0n) is 22.2. The van der Waals surface area contributed by atoms with Gasteiger partial charge in [-0.25, -0.2) is 4.39 Å². The Morgan fingerprint density at radius 2 is 1.73 bits per heavy atom. The quantitative estimate of drug-likeness (QED) is 0.154. The monoisotopic (exact) mass is 541 g/mol. The Morgan fingerprint density at radius 3 is 2.41 bits per heavy atom. The van der Waals surface area contributed by atoms with E-state index >= 15 is 0 Å². The molecule has 0 radical (unpaired) electrons. The van der Waals surface area contributed by atoms with Gasteiger partial charge in [0.05, 0.1) is 12.3 Å². The lowest BCUT2D eigenvalue weighted by Crippen LogP contribution is -2.19. The van der Waals surface area contributed by atoms with Crippen molar-refractivity contribution in [3.05, 3.63) is 82.6 Å². The van der Waals surface area contributed by atoms with Crippen LogP contribution in [0.5, 0.6) is 5.75 Å². The average Bonchev–Trinajstić information content (AvgIpc) is 2.88. The molecule has 0 aliphatic heterocycles. The number of thioether (sulfide) groups is 1. The van der Waals surface area contributed by atoms with E-state index < -0.39 is 0 Å². The lowest BCUT2D eigenvalue weighted by Gasteiger charge is -2.22. The van der Waals surface area contributed by atoms with E-state index in [1.165, 1.54) is 5.56 Å². The third kappa shape index (κ3) is 9.69. The maximum atomic E-state index is 14.6. The van der Waals surface area contributed by atoms with Gasteiger partial charge >= 0.3 is 0 Å². The largest absolute Gasteiger partial charge is 0.493 e. The first kappa shape index (κ1) is 29.0. The van der Waals surface area contributed by atoms with Crippen molar-refractivity contribution < 1.29 is 9.13 Å². The number of unbranched alkanes of at least 4 members (excludes halogenated alkanes) is 1. The van der Waals surface area contributed by atoms with Crippen molar-refractivity contribution >= 4 is 41.0 Å². The van der Waals surface area contributed by atoms with Gasteiger partial charge in [0.1, 0.15) is 17.3 Å². The summed E-state index contributed by atoms with van der Waals surface area (Å²) in [6.45, 7) is 4.51. The van der Waals surface area contributed by atoms with Crippen molar-refractivity contribution in [1.29, 1.82) is 0 Å². The second-order valence-corrected chi connectivity index (χ2v) is 10.8. The number of rotatable bonds is 14. The predicted molar refractivity (Wildman–Crippen MR) is 158 cm³/mol. The Kier molecular flexibility index (Phi) is 11.8. The van der Waals surface area contributed by atoms with E-state index in [9.17, 15) is 4.39 Å². The van der Waals surface area contributed by atoms with Gasteiger partial charge < -0.3 is 14.5 Å². The Balaban J connectivity index is 1.73. The average molecular weight is 542 g/mol. The maximum Gasteiger partial charge on any atom is 0.126 e. The van der Waals surface area contributed by atoms with E-state index in [1.54, 1.807) is 23.9 Å². The first-order chi connectivity index (χ1) is 17.9. The first-order valence-corrected chi connectivity index (χ1v) is 14.1. The van der Waals surface area contributed by atoms with E-state index in [2.05, 4.69) is 16.7 Å². The molecule has 0 bridgehead atoms. The van der Waals surface area contributed by atoms with Crippen LogP contribution in [-0.2, 0) is 6.42 Å². The molecule has 198 valence electrons. The SMILES string of the molecule is CCCCN(C)c1cc(F)cc(SCCN(C)C)c1N=Cc1ccc(OCCc2ccc(Cl)cc2)cc1. The third-order valence-electron chi connectivity index (χ3n) is 5.87. The molecule has 0 N–H and O–H groups in total. The van der Waals surface area contributed by atoms with Crippen LogP contribution in [0.15, 0.2) is 70.6 Å². The maximum absolute atomic E-state index is 14.6. The normalized spacial score (nSPS) is 11.4. The molecule has 3 aromatic rings. The van der Waals surface area contributed by atoms with Gasteiger partial charge in [-0.15, -0.1) is 11.8 Å². The number of benzene rings is 3. The van der Waals surface area contributed by atoms with Gasteiger partial charge in [0, 0.05) is 48.4 Å². The minimum atomic E-state index is -0.232. The van der Waals surface area contributed by atoms with Crippen molar-refractivity contribution in [2.24, 2.45) is 4.99 Å². The number of aliphatic imine (C=N–C) groups is 1. The second-order valence-electron chi connectivity index (χ2n) is 9.25. The van der Waals surface area contributed by atoms with E-state index in [-0.39, 0.29) is 5.82 Å². The summed E-state index contributed by atoms with van der Waals surface area (Å²) in [5, 5.41) is 0.738. The summed E-state index contributed by atoms with van der Waals surface area (Å²) in [5.74, 6) is 1.44. The molecule has 0 saturated carbocycles. The summed E-state index contributed by atoms with van der Waals surface area (Å²) in [7, 11) is 6.09. The molecule has 4 nitrogen and oxygen atoms in total. The molecule has 0 amide bonds. The number of halogens is 2. The molecular formula is C30H37ClFN3OS. The van der Waals surface area contributed by atoms with E-state index in [4.69, 9.17) is 21.3 Å². The summed E-state index contributed by atoms with van der Waals surface area (Å²) in [6.07, 6.45) is 4.78. The van der Waals surface area contributed by atoms with E-state index in [0.29, 0.717) is 6.61 Å². The van der Waals surface area contributed by atoms with Gasteiger partial charge in [-0.3, -0.25) is 4.99 Å². The summed E-state index contributed by atoms with van der Waals surface area (Å²) in [5.41, 5.74) is 3.78. The van der Waals surface area contributed by atoms with Crippen molar-refractivity contribution in [3.8, 4) is 5.75 Å². The molecule has 0 aliphatic rings. The van der Waals surface area contributed by atoms with Crippen LogP contribution in [0.25, 0.3) is 0 Å². The fourth-order valence-corrected chi connectivity index (χ4v) is 4.96. The molecule has 3 rings (SSSR count). The first-order valence-electron chi connectivity index (χ1n) is 12.7. The second kappa shape index (κ2) is 15.0. The van der Waals surface area contributed by atoms with Gasteiger partial charge in [0.15, 0.2) is 0 Å². The highest BCUT2D eigenvalue weighted by Gasteiger charge is 2.15. The van der Waals surface area contributed by atoms with E-state index in [1.807, 2.05) is 75.9 Å². The molecular weight excluding hydrogens is 505 g/mol. The van der Waals surface area contributed by atoms with Crippen LogP contribution in [0.3, 0.4) is 0 Å². The standard InChI is InChI=1S/C30H37ClFN3OS/c1-5-6-16-35(4)28-20-26(32)21-29(37-19-17-34(2)3)30(28)33-22-24-9-13-27(14-10-24)36-18-15-23-7-11-25(31)12-8-23/h7-14,20-22H,5-6,15-19H2,1-4H3. The van der Waals surface area contributed by atoms with Crippen LogP contribution in [0.2, 0.25) is 5.02 Å². The topological polar surface area (TPSA) is 28.1 Å². The Bertz CT molecular complexity index is 1140. The van der Waals surface area contributed by atoms with Crippen molar-refractivity contribution in [2.75, 3.05) is 51.5 Å². The van der Waals surface area contributed by atoms with Crippen molar-refractivity contribution in [3.63, 3.8) is 0 Å². The molecule has 0 fully saturated rings. The predicted octanol–water partition coefficient (Wildman–Crippen LogP) is 7.74. The molecule has 0 aromatic heterocycles. The van der Waals surface area contributed by atoms with Crippen LogP contribution >= 0.6 is 23.4 Å². The highest BCUT2D eigenvalue weighted by Crippen LogP contribution is 2.39. The number of nitrogens with zero attached hydrogens (tertiary/aromatic N) is 3. The third-order valence-corrected chi connectivity index (χ3v) is 7.13. The minimum absolute atomic E-state index is 0.232. The Morgan fingerprint density at radius 1 is 1.00 bits per heavy atom. The van der Waals surface area contributed by atoms with Crippen molar-refractivity contribution in [1.82, 2.24) is 4.90 Å². The number of ether oxygens (including phenoxy) is 1. The zero-order valence-corrected chi connectivity index (χ0v) is 23.8. The molecule has 0 heterocycles. The highest BCUT2D eigenvalue weighted by molar-refractivity contribution is 7.99. The molecule has 37 heavy (non-hydrogen) atoms. The van der Waals surface area contributed by atoms with Crippen LogP contribution in [-0.4, -0.2) is 57.7 Å². The van der Waals surface area contributed by atoms with Gasteiger partial charge in [-0.2, -0.15) is 0 Å². The van der Waals surface area contributed by atoms with Crippen molar-refractivity contribution in [2.45, 2.75) is 31.1 Å². The van der Waals surface area contributed by atoms with Crippen LogP contribution < -0.4 is 9.64 Å². The Labute approximate surface area is 230 Å². The fraction of sp³-hybridized carbons (Fsp3) is 0.367. The summed E-state index contributed by atoms with van der Waals surface area (Å²) >= 11 is 7.59. The summed E-state index contributed by atoms with van der Waals surface area (Å²) in [4.78, 5) is 9.96. The minimum Gasteiger partial charge on any atom is -0.493 e. The molecule has 0 aliphatic carbocycles. The molecule has 0 spiro atoms. The summed E-state index contributed by atoms with van der Waals surface area (Å²) in [6, 6.07) is 18.9. The lowest BCUT2D eigenvalue weighted by molar-refractivity contribution is 0.322. The van der Waals surface area contributed by atoms with Gasteiger partial charge in [-0.1, -0.05) is 37.1 Å². The Hall–Kier alpha value is -2.54. The number of hydrogen-bond acceptors (Lipinski definition) is 5. The fourth-order valence-electron chi connectivity index (χ4n) is 3.67.